The normalized spacial score (nSPS) is 15.4. The maximum absolute atomic E-state index is 12.3. The zero-order chi connectivity index (χ0) is 17.8. The molecule has 134 valence electrons. The summed E-state index contributed by atoms with van der Waals surface area (Å²) in [5.74, 6) is 0.275. The van der Waals surface area contributed by atoms with Crippen molar-refractivity contribution < 1.29 is 9.90 Å². The maximum Gasteiger partial charge on any atom is 0.240 e. The van der Waals surface area contributed by atoms with E-state index in [2.05, 4.69) is 27.0 Å². The summed E-state index contributed by atoms with van der Waals surface area (Å²) in [6.07, 6.45) is 0.886. The van der Waals surface area contributed by atoms with Gasteiger partial charge in [-0.3, -0.25) is 9.69 Å². The van der Waals surface area contributed by atoms with Crippen molar-refractivity contribution >= 4 is 28.1 Å². The number of hydrogen-bond acceptors (Lipinski definition) is 6. The van der Waals surface area contributed by atoms with Crippen molar-refractivity contribution in [1.29, 1.82) is 0 Å². The number of piperazine rings is 1. The van der Waals surface area contributed by atoms with Gasteiger partial charge < -0.3 is 15.3 Å². The fourth-order valence-electron chi connectivity index (χ4n) is 3.00. The predicted octanol–water partition coefficient (Wildman–Crippen LogP) is 2.48. The number of amides is 1. The minimum Gasteiger partial charge on any atom is -0.508 e. The molecule has 0 atom stereocenters. The van der Waals surface area contributed by atoms with E-state index in [1.807, 2.05) is 19.1 Å². The number of anilines is 2. The molecule has 1 aromatic carbocycles. The van der Waals surface area contributed by atoms with E-state index < -0.39 is 0 Å². The van der Waals surface area contributed by atoms with Crippen LogP contribution in [0.5, 0.6) is 5.75 Å². The van der Waals surface area contributed by atoms with Gasteiger partial charge in [-0.25, -0.2) is 4.98 Å². The van der Waals surface area contributed by atoms with E-state index in [0.29, 0.717) is 11.7 Å². The predicted molar refractivity (Wildman–Crippen MR) is 102 cm³/mol. The molecule has 0 spiro atoms. The van der Waals surface area contributed by atoms with E-state index in [0.717, 1.165) is 44.0 Å². The Labute approximate surface area is 152 Å². The number of nitrogens with one attached hydrogen (secondary N) is 1. The minimum absolute atomic E-state index is 0.00511. The smallest absolute Gasteiger partial charge is 0.240 e. The number of benzene rings is 1. The zero-order valence-corrected chi connectivity index (χ0v) is 15.5. The van der Waals surface area contributed by atoms with Crippen molar-refractivity contribution in [2.75, 3.05) is 42.9 Å². The van der Waals surface area contributed by atoms with Gasteiger partial charge in [0.15, 0.2) is 5.13 Å². The van der Waals surface area contributed by atoms with Gasteiger partial charge >= 0.3 is 0 Å². The van der Waals surface area contributed by atoms with Crippen LogP contribution in [-0.2, 0) is 11.2 Å². The van der Waals surface area contributed by atoms with Crippen LogP contribution in [0, 0.1) is 6.92 Å². The molecule has 0 aliphatic carbocycles. The van der Waals surface area contributed by atoms with Crippen molar-refractivity contribution in [3.05, 3.63) is 34.8 Å². The van der Waals surface area contributed by atoms with Crippen molar-refractivity contribution in [1.82, 2.24) is 9.88 Å². The SMILES string of the molecule is CCc1nc(NC(=O)CN2CCN(c3ccc(O)cc3)CC2)sc1C. The lowest BCUT2D eigenvalue weighted by molar-refractivity contribution is -0.117. The molecule has 6 nitrogen and oxygen atoms in total. The van der Waals surface area contributed by atoms with E-state index in [4.69, 9.17) is 0 Å². The van der Waals surface area contributed by atoms with Crippen LogP contribution in [0.3, 0.4) is 0 Å². The Kier molecular flexibility index (Phi) is 5.55. The molecule has 7 heteroatoms. The van der Waals surface area contributed by atoms with Crippen LogP contribution in [0.25, 0.3) is 0 Å². The number of rotatable bonds is 5. The number of aryl methyl sites for hydroxylation is 2. The highest BCUT2D eigenvalue weighted by Gasteiger charge is 2.20. The van der Waals surface area contributed by atoms with Gasteiger partial charge in [0.1, 0.15) is 5.75 Å². The Hall–Kier alpha value is -2.12. The Morgan fingerprint density at radius 3 is 2.52 bits per heavy atom. The largest absolute Gasteiger partial charge is 0.508 e. The third-order valence-electron chi connectivity index (χ3n) is 4.43. The number of aromatic hydroxyl groups is 1. The second-order valence-electron chi connectivity index (χ2n) is 6.20. The molecule has 2 heterocycles. The topological polar surface area (TPSA) is 68.7 Å². The molecule has 2 N–H and O–H groups in total. The summed E-state index contributed by atoms with van der Waals surface area (Å²) in [4.78, 5) is 22.3. The van der Waals surface area contributed by atoms with Crippen LogP contribution in [0.1, 0.15) is 17.5 Å². The summed E-state index contributed by atoms with van der Waals surface area (Å²) < 4.78 is 0. The van der Waals surface area contributed by atoms with Crippen LogP contribution in [-0.4, -0.2) is 53.6 Å². The van der Waals surface area contributed by atoms with E-state index in [1.165, 1.54) is 16.2 Å². The lowest BCUT2D eigenvalue weighted by atomic mass is 10.2. The first-order valence-corrected chi connectivity index (χ1v) is 9.39. The minimum atomic E-state index is -0.00511. The Morgan fingerprint density at radius 2 is 1.92 bits per heavy atom. The lowest BCUT2D eigenvalue weighted by Gasteiger charge is -2.35. The summed E-state index contributed by atoms with van der Waals surface area (Å²) in [5.41, 5.74) is 2.16. The van der Waals surface area contributed by atoms with Crippen LogP contribution in [0.4, 0.5) is 10.8 Å². The van der Waals surface area contributed by atoms with Gasteiger partial charge in [-0.2, -0.15) is 0 Å². The molecule has 0 radical (unpaired) electrons. The van der Waals surface area contributed by atoms with E-state index in [-0.39, 0.29) is 11.7 Å². The second kappa shape index (κ2) is 7.84. The molecule has 1 fully saturated rings. The maximum atomic E-state index is 12.3. The van der Waals surface area contributed by atoms with Gasteiger partial charge in [0.25, 0.3) is 0 Å². The molecule has 1 aliphatic rings. The van der Waals surface area contributed by atoms with Crippen molar-refractivity contribution in [3.8, 4) is 5.75 Å². The second-order valence-corrected chi connectivity index (χ2v) is 7.41. The van der Waals surface area contributed by atoms with E-state index in [1.54, 1.807) is 12.1 Å². The fourth-order valence-corrected chi connectivity index (χ4v) is 3.92. The third kappa shape index (κ3) is 4.49. The van der Waals surface area contributed by atoms with Crippen LogP contribution >= 0.6 is 11.3 Å². The molecular weight excluding hydrogens is 336 g/mol. The zero-order valence-electron chi connectivity index (χ0n) is 14.7. The third-order valence-corrected chi connectivity index (χ3v) is 5.36. The highest BCUT2D eigenvalue weighted by atomic mass is 32.1. The van der Waals surface area contributed by atoms with Crippen molar-refractivity contribution in [2.45, 2.75) is 20.3 Å². The molecule has 1 aromatic heterocycles. The van der Waals surface area contributed by atoms with Gasteiger partial charge in [-0.15, -0.1) is 11.3 Å². The summed E-state index contributed by atoms with van der Waals surface area (Å²) in [7, 11) is 0. The van der Waals surface area contributed by atoms with Gasteiger partial charge in [0, 0.05) is 36.7 Å². The summed E-state index contributed by atoms with van der Waals surface area (Å²) in [6, 6.07) is 7.26. The van der Waals surface area contributed by atoms with Crippen LogP contribution in [0.15, 0.2) is 24.3 Å². The average molecular weight is 360 g/mol. The lowest BCUT2D eigenvalue weighted by Crippen LogP contribution is -2.48. The first-order chi connectivity index (χ1) is 12.0. The summed E-state index contributed by atoms with van der Waals surface area (Å²) in [6.45, 7) is 7.92. The van der Waals surface area contributed by atoms with E-state index in [9.17, 15) is 9.90 Å². The van der Waals surface area contributed by atoms with Gasteiger partial charge in [-0.1, -0.05) is 6.92 Å². The molecule has 0 unspecified atom stereocenters. The molecule has 0 bridgehead atoms. The van der Waals surface area contributed by atoms with Gasteiger partial charge in [-0.05, 0) is 37.6 Å². The highest BCUT2D eigenvalue weighted by molar-refractivity contribution is 7.15. The number of phenolic OH excluding ortho intramolecular Hbond substituents is 1. The summed E-state index contributed by atoms with van der Waals surface area (Å²) >= 11 is 1.54. The molecule has 1 aliphatic heterocycles. The number of carbonyl (C=O) groups excluding carboxylic acids is 1. The first kappa shape index (κ1) is 17.7. The van der Waals surface area contributed by atoms with Crippen LogP contribution in [0.2, 0.25) is 0 Å². The number of aromatic nitrogens is 1. The van der Waals surface area contributed by atoms with E-state index >= 15 is 0 Å². The Balaban J connectivity index is 1.48. The number of carbonyl (C=O) groups is 1. The van der Waals surface area contributed by atoms with Crippen LogP contribution < -0.4 is 10.2 Å². The molecule has 1 amide bonds. The monoisotopic (exact) mass is 360 g/mol. The molecular formula is C18H24N4O2S. The fraction of sp³-hybridized carbons (Fsp3) is 0.444. The number of thiazole rings is 1. The number of nitrogens with zero attached hydrogens (tertiary/aromatic N) is 3. The molecule has 1 saturated heterocycles. The summed E-state index contributed by atoms with van der Waals surface area (Å²) in [5, 5.41) is 13.0. The number of phenols is 1. The average Bonchev–Trinajstić information content (AvgIpc) is 2.95. The molecule has 3 rings (SSSR count). The molecule has 25 heavy (non-hydrogen) atoms. The highest BCUT2D eigenvalue weighted by Crippen LogP contribution is 2.22. The van der Waals surface area contributed by atoms with Crippen molar-refractivity contribution in [3.63, 3.8) is 0 Å². The molecule has 0 saturated carbocycles. The Bertz CT molecular complexity index is 721. The van der Waals surface area contributed by atoms with Gasteiger partial charge in [0.05, 0.1) is 12.2 Å². The standard InChI is InChI=1S/C18H24N4O2S/c1-3-16-13(2)25-18(19-16)20-17(24)12-21-8-10-22(11-9-21)14-4-6-15(23)7-5-14/h4-7,23H,3,8-12H2,1-2H3,(H,19,20,24). The quantitative estimate of drug-likeness (QED) is 0.857. The van der Waals surface area contributed by atoms with Gasteiger partial charge in [0.2, 0.25) is 5.91 Å². The Morgan fingerprint density at radius 1 is 1.24 bits per heavy atom. The number of hydrogen-bond donors (Lipinski definition) is 2. The first-order valence-electron chi connectivity index (χ1n) is 8.57. The molecule has 2 aromatic rings. The van der Waals surface area contributed by atoms with Crippen molar-refractivity contribution in [2.24, 2.45) is 0 Å².